The first-order valence-electron chi connectivity index (χ1n) is 8.33. The number of benzene rings is 2. The first kappa shape index (κ1) is 20.3. The number of rotatable bonds is 6. The molecule has 0 aliphatic heterocycles. The molecule has 0 atom stereocenters. The van der Waals surface area contributed by atoms with Gasteiger partial charge in [0.15, 0.2) is 5.13 Å². The molecule has 0 aliphatic carbocycles. The maximum absolute atomic E-state index is 12.4. The molecule has 9 heteroatoms. The zero-order chi connectivity index (χ0) is 20.3. The Bertz CT molecular complexity index is 1110. The van der Waals surface area contributed by atoms with Gasteiger partial charge in [-0.25, -0.2) is 13.4 Å². The number of sulfonamides is 1. The van der Waals surface area contributed by atoms with Crippen LogP contribution < -0.4 is 10.0 Å². The Kier molecular flexibility index (Phi) is 6.02. The van der Waals surface area contributed by atoms with Crippen molar-refractivity contribution in [2.24, 2.45) is 0 Å². The van der Waals surface area contributed by atoms with Gasteiger partial charge in [0.25, 0.3) is 10.0 Å². The van der Waals surface area contributed by atoms with Crippen molar-refractivity contribution in [1.29, 1.82) is 0 Å². The van der Waals surface area contributed by atoms with Crippen molar-refractivity contribution < 1.29 is 13.2 Å². The van der Waals surface area contributed by atoms with E-state index in [1.165, 1.54) is 24.3 Å². The van der Waals surface area contributed by atoms with Crippen LogP contribution >= 0.6 is 22.9 Å². The summed E-state index contributed by atoms with van der Waals surface area (Å²) in [5, 5.41) is 5.12. The molecule has 0 fully saturated rings. The summed E-state index contributed by atoms with van der Waals surface area (Å²) in [6.45, 7) is 3.98. The van der Waals surface area contributed by atoms with Gasteiger partial charge < -0.3 is 5.32 Å². The highest BCUT2D eigenvalue weighted by Crippen LogP contribution is 2.22. The van der Waals surface area contributed by atoms with Crippen LogP contribution in [0, 0.1) is 13.8 Å². The molecular weight excluding hydrogens is 418 g/mol. The van der Waals surface area contributed by atoms with E-state index in [4.69, 9.17) is 11.6 Å². The standard InChI is InChI=1S/C19H18ClN3O3S2/c1-12-3-6-15(9-13(12)2)21-18(24)10-16-11-27-19(22-16)23-28(25,26)17-7-4-14(20)5-8-17/h3-9,11H,10H2,1-2H3,(H,21,24)(H,22,23). The predicted octanol–water partition coefficient (Wildman–Crippen LogP) is 4.40. The van der Waals surface area contributed by atoms with Crippen molar-refractivity contribution in [3.8, 4) is 0 Å². The van der Waals surface area contributed by atoms with Crippen molar-refractivity contribution in [2.75, 3.05) is 10.0 Å². The first-order valence-corrected chi connectivity index (χ1v) is 11.1. The Morgan fingerprint density at radius 2 is 1.82 bits per heavy atom. The lowest BCUT2D eigenvalue weighted by atomic mass is 10.1. The molecule has 0 spiro atoms. The lowest BCUT2D eigenvalue weighted by molar-refractivity contribution is -0.115. The van der Waals surface area contributed by atoms with E-state index in [0.29, 0.717) is 16.4 Å². The van der Waals surface area contributed by atoms with E-state index < -0.39 is 10.0 Å². The third-order valence-electron chi connectivity index (χ3n) is 4.03. The van der Waals surface area contributed by atoms with E-state index in [1.54, 1.807) is 5.38 Å². The number of amides is 1. The number of carbonyl (C=O) groups is 1. The Balaban J connectivity index is 1.64. The molecule has 3 aromatic rings. The van der Waals surface area contributed by atoms with Crippen LogP contribution in [0.2, 0.25) is 5.02 Å². The molecule has 6 nitrogen and oxygen atoms in total. The molecule has 0 aliphatic rings. The van der Waals surface area contributed by atoms with Gasteiger partial charge >= 0.3 is 0 Å². The van der Waals surface area contributed by atoms with Crippen LogP contribution in [-0.4, -0.2) is 19.3 Å². The normalized spacial score (nSPS) is 11.2. The summed E-state index contributed by atoms with van der Waals surface area (Å²) in [6.07, 6.45) is 0.0477. The van der Waals surface area contributed by atoms with E-state index in [-0.39, 0.29) is 22.4 Å². The van der Waals surface area contributed by atoms with E-state index in [9.17, 15) is 13.2 Å². The lowest BCUT2D eigenvalue weighted by Gasteiger charge is -2.07. The monoisotopic (exact) mass is 435 g/mol. The lowest BCUT2D eigenvalue weighted by Crippen LogP contribution is -2.15. The second-order valence-electron chi connectivity index (χ2n) is 6.23. The Morgan fingerprint density at radius 1 is 1.11 bits per heavy atom. The number of carbonyl (C=O) groups excluding carboxylic acids is 1. The summed E-state index contributed by atoms with van der Waals surface area (Å²) in [7, 11) is -3.76. The molecule has 1 heterocycles. The van der Waals surface area contributed by atoms with Crippen LogP contribution in [0.1, 0.15) is 16.8 Å². The molecule has 0 saturated heterocycles. The molecule has 1 aromatic heterocycles. The summed E-state index contributed by atoms with van der Waals surface area (Å²) >= 11 is 6.90. The fraction of sp³-hybridized carbons (Fsp3) is 0.158. The summed E-state index contributed by atoms with van der Waals surface area (Å²) in [5.74, 6) is -0.222. The highest BCUT2D eigenvalue weighted by atomic mass is 35.5. The summed E-state index contributed by atoms with van der Waals surface area (Å²) in [6, 6.07) is 11.5. The third-order valence-corrected chi connectivity index (χ3v) is 6.57. The van der Waals surface area contributed by atoms with Gasteiger partial charge in [-0.05, 0) is 61.4 Å². The van der Waals surface area contributed by atoms with E-state index in [2.05, 4.69) is 15.0 Å². The second-order valence-corrected chi connectivity index (χ2v) is 9.20. The number of aromatic nitrogens is 1. The van der Waals surface area contributed by atoms with Crippen LogP contribution in [0.4, 0.5) is 10.8 Å². The fourth-order valence-electron chi connectivity index (χ4n) is 2.41. The van der Waals surface area contributed by atoms with Crippen LogP contribution in [0.15, 0.2) is 52.7 Å². The summed E-state index contributed by atoms with van der Waals surface area (Å²) < 4.78 is 27.2. The molecule has 28 heavy (non-hydrogen) atoms. The predicted molar refractivity (Wildman–Crippen MR) is 113 cm³/mol. The average molecular weight is 436 g/mol. The van der Waals surface area contributed by atoms with Crippen LogP contribution in [0.5, 0.6) is 0 Å². The summed E-state index contributed by atoms with van der Waals surface area (Å²) in [5.41, 5.74) is 3.44. The van der Waals surface area contributed by atoms with Gasteiger partial charge in [-0.1, -0.05) is 17.7 Å². The fourth-order valence-corrected chi connectivity index (χ4v) is 4.50. The largest absolute Gasteiger partial charge is 0.326 e. The SMILES string of the molecule is Cc1ccc(NC(=O)Cc2csc(NS(=O)(=O)c3ccc(Cl)cc3)n2)cc1C. The maximum Gasteiger partial charge on any atom is 0.263 e. The van der Waals surface area contributed by atoms with Crippen molar-refractivity contribution in [1.82, 2.24) is 4.98 Å². The van der Waals surface area contributed by atoms with Gasteiger partial charge in [0.2, 0.25) is 5.91 Å². The minimum atomic E-state index is -3.76. The minimum absolute atomic E-state index is 0.0477. The van der Waals surface area contributed by atoms with Crippen LogP contribution in [0.25, 0.3) is 0 Å². The van der Waals surface area contributed by atoms with Crippen molar-refractivity contribution in [2.45, 2.75) is 25.2 Å². The number of hydrogen-bond donors (Lipinski definition) is 2. The Morgan fingerprint density at radius 3 is 2.50 bits per heavy atom. The zero-order valence-electron chi connectivity index (χ0n) is 15.2. The van der Waals surface area contributed by atoms with Gasteiger partial charge in [-0.2, -0.15) is 0 Å². The maximum atomic E-state index is 12.4. The van der Waals surface area contributed by atoms with E-state index in [1.807, 2.05) is 32.0 Å². The first-order chi connectivity index (χ1) is 13.2. The van der Waals surface area contributed by atoms with Gasteiger partial charge in [-0.3, -0.25) is 9.52 Å². The highest BCUT2D eigenvalue weighted by molar-refractivity contribution is 7.93. The number of thiazole rings is 1. The minimum Gasteiger partial charge on any atom is -0.326 e. The number of aryl methyl sites for hydroxylation is 2. The van der Waals surface area contributed by atoms with E-state index >= 15 is 0 Å². The van der Waals surface area contributed by atoms with E-state index in [0.717, 1.165) is 22.5 Å². The Hall–Kier alpha value is -2.42. The molecule has 146 valence electrons. The second kappa shape index (κ2) is 8.30. The van der Waals surface area contributed by atoms with Crippen molar-refractivity contribution in [3.05, 3.63) is 69.7 Å². The van der Waals surface area contributed by atoms with Gasteiger partial charge in [0, 0.05) is 16.1 Å². The van der Waals surface area contributed by atoms with Crippen LogP contribution in [-0.2, 0) is 21.2 Å². The average Bonchev–Trinajstić information content (AvgIpc) is 3.04. The number of anilines is 2. The van der Waals surface area contributed by atoms with Crippen LogP contribution in [0.3, 0.4) is 0 Å². The molecule has 2 N–H and O–H groups in total. The third kappa shape index (κ3) is 5.09. The molecule has 0 bridgehead atoms. The molecule has 3 rings (SSSR count). The molecule has 1 amide bonds. The van der Waals surface area contributed by atoms with Crippen molar-refractivity contribution >= 4 is 49.7 Å². The van der Waals surface area contributed by atoms with Crippen molar-refractivity contribution in [3.63, 3.8) is 0 Å². The molecular formula is C19H18ClN3O3S2. The number of hydrogen-bond acceptors (Lipinski definition) is 5. The topological polar surface area (TPSA) is 88.2 Å². The quantitative estimate of drug-likeness (QED) is 0.600. The van der Waals surface area contributed by atoms with Gasteiger partial charge in [0.05, 0.1) is 17.0 Å². The number of nitrogens with zero attached hydrogens (tertiary/aromatic N) is 1. The number of nitrogens with one attached hydrogen (secondary N) is 2. The highest BCUT2D eigenvalue weighted by Gasteiger charge is 2.17. The Labute approximate surface area is 172 Å². The molecule has 0 unspecified atom stereocenters. The smallest absolute Gasteiger partial charge is 0.263 e. The van der Waals surface area contributed by atoms with Gasteiger partial charge in [0.1, 0.15) is 0 Å². The molecule has 0 saturated carbocycles. The molecule has 2 aromatic carbocycles. The summed E-state index contributed by atoms with van der Waals surface area (Å²) in [4.78, 5) is 16.5. The van der Waals surface area contributed by atoms with Gasteiger partial charge in [-0.15, -0.1) is 11.3 Å². The number of halogens is 1. The zero-order valence-corrected chi connectivity index (χ0v) is 17.6. The molecule has 0 radical (unpaired) electrons.